The molecule has 0 saturated carbocycles. The van der Waals surface area contributed by atoms with E-state index in [1.165, 1.54) is 10.9 Å². The highest BCUT2D eigenvalue weighted by molar-refractivity contribution is 6.33. The smallest absolute Gasteiger partial charge is 0.287 e. The number of carbonyl (C=O) groups is 1. The molecule has 0 spiro atoms. The number of aromatic nitrogens is 2. The highest BCUT2D eigenvalue weighted by atomic mass is 35.5. The summed E-state index contributed by atoms with van der Waals surface area (Å²) in [4.78, 5) is 25.6. The van der Waals surface area contributed by atoms with Gasteiger partial charge in [0.2, 0.25) is 5.91 Å². The molecule has 1 amide bonds. The molecule has 1 aliphatic rings. The number of likely N-dealkylation sites (tertiary alicyclic amines) is 1. The molecule has 0 aromatic carbocycles. The molecule has 1 aromatic rings. The first-order valence-electron chi connectivity index (χ1n) is 6.90. The third kappa shape index (κ3) is 3.30. The molecule has 0 unspecified atom stereocenters. The minimum absolute atomic E-state index is 0.0244. The molecule has 7 heteroatoms. The fourth-order valence-electron chi connectivity index (χ4n) is 2.21. The Morgan fingerprint density at radius 3 is 2.80 bits per heavy atom. The summed E-state index contributed by atoms with van der Waals surface area (Å²) in [6.07, 6.45) is 4.42. The lowest BCUT2D eigenvalue weighted by Gasteiger charge is -2.16. The summed E-state index contributed by atoms with van der Waals surface area (Å²) >= 11 is 6.02. The van der Waals surface area contributed by atoms with Crippen molar-refractivity contribution < 1.29 is 4.79 Å². The maximum Gasteiger partial charge on any atom is 0.287 e. The van der Waals surface area contributed by atoms with Gasteiger partial charge in [0.25, 0.3) is 5.56 Å². The Morgan fingerprint density at radius 2 is 2.15 bits per heavy atom. The van der Waals surface area contributed by atoms with E-state index in [1.54, 1.807) is 0 Å². The number of anilines is 1. The molecule has 2 heterocycles. The normalized spacial score (nSPS) is 14.6. The van der Waals surface area contributed by atoms with E-state index in [0.717, 1.165) is 32.4 Å². The highest BCUT2D eigenvalue weighted by Crippen LogP contribution is 2.15. The summed E-state index contributed by atoms with van der Waals surface area (Å²) in [5.41, 5.74) is 0.0868. The number of hydrogen-bond acceptors (Lipinski definition) is 4. The lowest BCUT2D eigenvalue weighted by molar-refractivity contribution is -0.128. The van der Waals surface area contributed by atoms with Crippen molar-refractivity contribution in [3.8, 4) is 0 Å². The fourth-order valence-corrected chi connectivity index (χ4v) is 2.42. The zero-order chi connectivity index (χ0) is 14.5. The number of carbonyl (C=O) groups excluding carboxylic acids is 1. The number of aryl methyl sites for hydroxylation is 1. The summed E-state index contributed by atoms with van der Waals surface area (Å²) < 4.78 is 1.33. The van der Waals surface area contributed by atoms with Crippen LogP contribution in [-0.4, -0.2) is 40.2 Å². The molecular formula is C13H19ClN4O2. The van der Waals surface area contributed by atoms with Gasteiger partial charge in [-0.15, -0.1) is 0 Å². The van der Waals surface area contributed by atoms with Crippen LogP contribution >= 0.6 is 11.6 Å². The van der Waals surface area contributed by atoms with E-state index in [1.807, 2.05) is 11.8 Å². The quantitative estimate of drug-likeness (QED) is 0.891. The van der Waals surface area contributed by atoms with Gasteiger partial charge in [-0.2, -0.15) is 5.10 Å². The average Bonchev–Trinajstić information content (AvgIpc) is 2.97. The number of hydrogen-bond donors (Lipinski definition) is 1. The molecule has 20 heavy (non-hydrogen) atoms. The molecule has 1 fully saturated rings. The highest BCUT2D eigenvalue weighted by Gasteiger charge is 2.18. The standard InChI is InChI=1S/C13H19ClN4O2/c1-2-5-18-13(20)12(14)10(8-16-18)15-9-11(19)17-6-3-4-7-17/h8,15H,2-7,9H2,1H3. The van der Waals surface area contributed by atoms with Crippen molar-refractivity contribution in [1.29, 1.82) is 0 Å². The summed E-state index contributed by atoms with van der Waals surface area (Å²) in [7, 11) is 0. The maximum absolute atomic E-state index is 11.9. The SMILES string of the molecule is CCCn1ncc(NCC(=O)N2CCCC2)c(Cl)c1=O. The molecule has 6 nitrogen and oxygen atoms in total. The van der Waals surface area contributed by atoms with Crippen molar-refractivity contribution in [2.24, 2.45) is 0 Å². The van der Waals surface area contributed by atoms with Crippen molar-refractivity contribution in [2.45, 2.75) is 32.7 Å². The summed E-state index contributed by atoms with van der Waals surface area (Å²) in [6.45, 7) is 4.25. The lowest BCUT2D eigenvalue weighted by Crippen LogP contribution is -2.33. The molecular weight excluding hydrogens is 280 g/mol. The summed E-state index contributed by atoms with van der Waals surface area (Å²) in [5.74, 6) is 0.0244. The molecule has 0 radical (unpaired) electrons. The van der Waals surface area contributed by atoms with Gasteiger partial charge in [-0.25, -0.2) is 4.68 Å². The Kier molecular flexibility index (Phi) is 5.00. The Balaban J connectivity index is 2.01. The molecule has 0 atom stereocenters. The predicted octanol–water partition coefficient (Wildman–Crippen LogP) is 1.34. The van der Waals surface area contributed by atoms with Crippen LogP contribution in [0.4, 0.5) is 5.69 Å². The van der Waals surface area contributed by atoms with E-state index in [-0.39, 0.29) is 23.0 Å². The van der Waals surface area contributed by atoms with E-state index in [2.05, 4.69) is 10.4 Å². The van der Waals surface area contributed by atoms with Gasteiger partial charge in [0, 0.05) is 19.6 Å². The number of halogens is 1. The number of nitrogens with one attached hydrogen (secondary N) is 1. The Bertz CT molecular complexity index is 538. The van der Waals surface area contributed by atoms with Crippen molar-refractivity contribution >= 4 is 23.2 Å². The summed E-state index contributed by atoms with van der Waals surface area (Å²) in [5, 5.41) is 7.02. The van der Waals surface area contributed by atoms with Crippen LogP contribution in [0.15, 0.2) is 11.0 Å². The summed E-state index contributed by atoms with van der Waals surface area (Å²) in [6, 6.07) is 0. The molecule has 1 aromatic heterocycles. The van der Waals surface area contributed by atoms with Crippen LogP contribution in [0.3, 0.4) is 0 Å². The topological polar surface area (TPSA) is 67.2 Å². The first-order chi connectivity index (χ1) is 9.63. The third-order valence-electron chi connectivity index (χ3n) is 3.31. The first-order valence-corrected chi connectivity index (χ1v) is 7.28. The van der Waals surface area contributed by atoms with Gasteiger partial charge in [0.05, 0.1) is 18.4 Å². The third-order valence-corrected chi connectivity index (χ3v) is 3.67. The van der Waals surface area contributed by atoms with E-state index < -0.39 is 0 Å². The van der Waals surface area contributed by atoms with Crippen LogP contribution in [0.5, 0.6) is 0 Å². The van der Waals surface area contributed by atoms with Crippen LogP contribution in [-0.2, 0) is 11.3 Å². The van der Waals surface area contributed by atoms with Crippen molar-refractivity contribution in [1.82, 2.24) is 14.7 Å². The minimum Gasteiger partial charge on any atom is -0.373 e. The van der Waals surface area contributed by atoms with Crippen LogP contribution in [0.2, 0.25) is 5.02 Å². The van der Waals surface area contributed by atoms with Crippen LogP contribution in [0.1, 0.15) is 26.2 Å². The molecule has 0 bridgehead atoms. The first kappa shape index (κ1) is 14.8. The van der Waals surface area contributed by atoms with Gasteiger partial charge in [0.15, 0.2) is 0 Å². The number of nitrogens with zero attached hydrogens (tertiary/aromatic N) is 3. The second-order valence-corrected chi connectivity index (χ2v) is 5.22. The van der Waals surface area contributed by atoms with E-state index >= 15 is 0 Å². The van der Waals surface area contributed by atoms with E-state index in [0.29, 0.717) is 12.2 Å². The molecule has 1 saturated heterocycles. The Labute approximate surface area is 122 Å². The zero-order valence-corrected chi connectivity index (χ0v) is 12.3. The van der Waals surface area contributed by atoms with E-state index in [4.69, 9.17) is 11.6 Å². The predicted molar refractivity (Wildman–Crippen MR) is 78.1 cm³/mol. The molecule has 1 N–H and O–H groups in total. The van der Waals surface area contributed by atoms with Crippen LogP contribution in [0, 0.1) is 0 Å². The van der Waals surface area contributed by atoms with Gasteiger partial charge in [-0.05, 0) is 19.3 Å². The van der Waals surface area contributed by atoms with E-state index in [9.17, 15) is 9.59 Å². The lowest BCUT2D eigenvalue weighted by atomic mass is 10.4. The van der Waals surface area contributed by atoms with Gasteiger partial charge >= 0.3 is 0 Å². The van der Waals surface area contributed by atoms with Gasteiger partial charge < -0.3 is 10.2 Å². The van der Waals surface area contributed by atoms with Crippen molar-refractivity contribution in [3.05, 3.63) is 21.6 Å². The Hall–Kier alpha value is -1.56. The Morgan fingerprint density at radius 1 is 1.45 bits per heavy atom. The molecule has 110 valence electrons. The van der Waals surface area contributed by atoms with Crippen LogP contribution < -0.4 is 10.9 Å². The largest absolute Gasteiger partial charge is 0.373 e. The van der Waals surface area contributed by atoms with Crippen molar-refractivity contribution in [3.63, 3.8) is 0 Å². The molecule has 2 rings (SSSR count). The second-order valence-electron chi connectivity index (χ2n) is 4.84. The second kappa shape index (κ2) is 6.74. The maximum atomic E-state index is 11.9. The fraction of sp³-hybridized carbons (Fsp3) is 0.615. The minimum atomic E-state index is -0.327. The van der Waals surface area contributed by atoms with Crippen LogP contribution in [0.25, 0.3) is 0 Å². The van der Waals surface area contributed by atoms with Gasteiger partial charge in [0.1, 0.15) is 5.02 Å². The number of rotatable bonds is 5. The zero-order valence-electron chi connectivity index (χ0n) is 11.6. The van der Waals surface area contributed by atoms with Crippen molar-refractivity contribution in [2.75, 3.05) is 25.0 Å². The average molecular weight is 299 g/mol. The van der Waals surface area contributed by atoms with Gasteiger partial charge in [-0.1, -0.05) is 18.5 Å². The number of amides is 1. The molecule has 0 aliphatic carbocycles. The monoisotopic (exact) mass is 298 g/mol. The van der Waals surface area contributed by atoms with Gasteiger partial charge in [-0.3, -0.25) is 9.59 Å². The molecule has 1 aliphatic heterocycles.